The second-order valence-electron chi connectivity index (χ2n) is 7.92. The van der Waals surface area contributed by atoms with Crippen molar-refractivity contribution in [2.24, 2.45) is 0 Å². The first-order valence-corrected chi connectivity index (χ1v) is 11.8. The monoisotopic (exact) mass is 484 g/mol. The van der Waals surface area contributed by atoms with Crippen molar-refractivity contribution in [1.29, 1.82) is 0 Å². The number of anilines is 1. The summed E-state index contributed by atoms with van der Waals surface area (Å²) < 4.78 is 8.85. The van der Waals surface area contributed by atoms with Gasteiger partial charge in [0.25, 0.3) is 5.91 Å². The zero-order valence-corrected chi connectivity index (χ0v) is 20.7. The summed E-state index contributed by atoms with van der Waals surface area (Å²) in [5.74, 6) is 0.708. The maximum absolute atomic E-state index is 13.5. The number of aromatic nitrogens is 3. The van der Waals surface area contributed by atoms with Crippen LogP contribution in [-0.2, 0) is 13.0 Å². The van der Waals surface area contributed by atoms with Crippen LogP contribution in [0, 0.1) is 0 Å². The highest BCUT2D eigenvalue weighted by atomic mass is 35.5. The van der Waals surface area contributed by atoms with Crippen LogP contribution in [0.5, 0.6) is 5.75 Å². The average Bonchev–Trinajstić information content (AvgIpc) is 3.46. The summed E-state index contributed by atoms with van der Waals surface area (Å²) >= 11 is 1.57. The van der Waals surface area contributed by atoms with Gasteiger partial charge in [0.2, 0.25) is 0 Å². The number of hydrogen-bond donors (Lipinski definition) is 0. The fraction of sp³-hybridized carbons (Fsp3) is 0.320. The summed E-state index contributed by atoms with van der Waals surface area (Å²) in [6.07, 6.45) is 7.30. The molecule has 0 saturated heterocycles. The third-order valence-electron chi connectivity index (χ3n) is 5.18. The number of thiazole rings is 1. The van der Waals surface area contributed by atoms with Gasteiger partial charge in [0.1, 0.15) is 5.75 Å². The Morgan fingerprint density at radius 3 is 2.64 bits per heavy atom. The van der Waals surface area contributed by atoms with Crippen LogP contribution in [0.1, 0.15) is 43.1 Å². The molecule has 0 fully saturated rings. The Bertz CT molecular complexity index is 1170. The Morgan fingerprint density at radius 1 is 1.18 bits per heavy atom. The molecule has 0 saturated carbocycles. The maximum Gasteiger partial charge on any atom is 0.260 e. The van der Waals surface area contributed by atoms with Crippen LogP contribution in [-0.4, -0.2) is 33.1 Å². The number of rotatable bonds is 9. The van der Waals surface area contributed by atoms with Gasteiger partial charge in [-0.05, 0) is 62.6 Å². The van der Waals surface area contributed by atoms with Gasteiger partial charge >= 0.3 is 0 Å². The van der Waals surface area contributed by atoms with E-state index in [1.54, 1.807) is 28.8 Å². The average molecular weight is 485 g/mol. The van der Waals surface area contributed by atoms with Gasteiger partial charge < -0.3 is 9.30 Å². The standard InChI is InChI=1S/C25H28N4O2S.ClH/c1-4-19-7-5-8-22-23(19)27-25(32-22)29(15-6-14-28-16-13-26-17-28)24(30)20-9-11-21(12-10-20)31-18(2)3;/h5,7-13,16-18H,4,6,14-15H2,1-3H3;1H. The summed E-state index contributed by atoms with van der Waals surface area (Å²) in [5, 5.41) is 0.735. The van der Waals surface area contributed by atoms with E-state index in [0.29, 0.717) is 12.1 Å². The van der Waals surface area contributed by atoms with Crippen LogP contribution in [0.2, 0.25) is 0 Å². The molecular formula is C25H29ClN4O2S. The highest BCUT2D eigenvalue weighted by Crippen LogP contribution is 2.32. The molecule has 2 aromatic heterocycles. The molecule has 2 aromatic carbocycles. The number of amides is 1. The van der Waals surface area contributed by atoms with Gasteiger partial charge in [-0.15, -0.1) is 12.4 Å². The van der Waals surface area contributed by atoms with Crippen molar-refractivity contribution in [3.63, 3.8) is 0 Å². The molecule has 0 atom stereocenters. The number of carbonyl (C=O) groups excluding carboxylic acids is 1. The fourth-order valence-electron chi connectivity index (χ4n) is 3.61. The van der Waals surface area contributed by atoms with Gasteiger partial charge in [0.15, 0.2) is 5.13 Å². The van der Waals surface area contributed by atoms with E-state index in [2.05, 4.69) is 30.1 Å². The number of ether oxygens (including phenoxy) is 1. The number of carbonyl (C=O) groups is 1. The molecule has 0 unspecified atom stereocenters. The summed E-state index contributed by atoms with van der Waals surface area (Å²) in [5.41, 5.74) is 2.81. The third-order valence-corrected chi connectivity index (χ3v) is 6.22. The Balaban J connectivity index is 0.00000306. The van der Waals surface area contributed by atoms with Gasteiger partial charge in [0.05, 0.1) is 22.6 Å². The largest absolute Gasteiger partial charge is 0.491 e. The molecular weight excluding hydrogens is 456 g/mol. The van der Waals surface area contributed by atoms with E-state index < -0.39 is 0 Å². The lowest BCUT2D eigenvalue weighted by molar-refractivity contribution is 0.0986. The van der Waals surface area contributed by atoms with Crippen molar-refractivity contribution in [2.45, 2.75) is 46.3 Å². The molecule has 174 valence electrons. The molecule has 0 radical (unpaired) electrons. The Morgan fingerprint density at radius 2 is 1.97 bits per heavy atom. The molecule has 0 spiro atoms. The van der Waals surface area contributed by atoms with Crippen molar-refractivity contribution < 1.29 is 9.53 Å². The first kappa shape index (κ1) is 24.7. The zero-order chi connectivity index (χ0) is 22.5. The molecule has 0 aliphatic heterocycles. The van der Waals surface area contributed by atoms with E-state index in [4.69, 9.17) is 9.72 Å². The highest BCUT2D eigenvalue weighted by molar-refractivity contribution is 7.22. The minimum atomic E-state index is -0.0520. The van der Waals surface area contributed by atoms with E-state index in [1.165, 1.54) is 5.56 Å². The predicted octanol–water partition coefficient (Wildman–Crippen LogP) is 6.00. The number of para-hydroxylation sites is 1. The normalized spacial score (nSPS) is 10.9. The number of hydrogen-bond acceptors (Lipinski definition) is 5. The Hall–Kier alpha value is -2.90. The van der Waals surface area contributed by atoms with Crippen LogP contribution in [0.4, 0.5) is 5.13 Å². The van der Waals surface area contributed by atoms with E-state index >= 15 is 0 Å². The van der Waals surface area contributed by atoms with Crippen molar-refractivity contribution in [3.05, 3.63) is 72.3 Å². The van der Waals surface area contributed by atoms with Crippen LogP contribution >= 0.6 is 23.7 Å². The maximum atomic E-state index is 13.5. The first-order valence-electron chi connectivity index (χ1n) is 11.0. The first-order chi connectivity index (χ1) is 15.5. The molecule has 8 heteroatoms. The van der Waals surface area contributed by atoms with Gasteiger partial charge in [0, 0.05) is 31.0 Å². The van der Waals surface area contributed by atoms with E-state index in [1.807, 2.05) is 48.9 Å². The Labute approximate surface area is 204 Å². The second kappa shape index (κ2) is 11.3. The van der Waals surface area contributed by atoms with Crippen LogP contribution in [0.25, 0.3) is 10.2 Å². The molecule has 4 rings (SSSR count). The van der Waals surface area contributed by atoms with Gasteiger partial charge in [-0.2, -0.15) is 0 Å². The fourth-order valence-corrected chi connectivity index (χ4v) is 4.65. The molecule has 0 aliphatic carbocycles. The van der Waals surface area contributed by atoms with E-state index in [-0.39, 0.29) is 24.4 Å². The van der Waals surface area contributed by atoms with Gasteiger partial charge in [-0.3, -0.25) is 9.69 Å². The lowest BCUT2D eigenvalue weighted by atomic mass is 10.1. The van der Waals surface area contributed by atoms with Crippen molar-refractivity contribution >= 4 is 45.0 Å². The summed E-state index contributed by atoms with van der Waals surface area (Å²) in [6, 6.07) is 13.6. The molecule has 0 bridgehead atoms. The summed E-state index contributed by atoms with van der Waals surface area (Å²) in [6.45, 7) is 7.46. The number of benzene rings is 2. The molecule has 6 nitrogen and oxygen atoms in total. The van der Waals surface area contributed by atoms with Crippen molar-refractivity contribution in [2.75, 3.05) is 11.4 Å². The number of fused-ring (bicyclic) bond motifs is 1. The lowest BCUT2D eigenvalue weighted by Gasteiger charge is -2.20. The highest BCUT2D eigenvalue weighted by Gasteiger charge is 2.22. The predicted molar refractivity (Wildman–Crippen MR) is 137 cm³/mol. The molecule has 2 heterocycles. The van der Waals surface area contributed by atoms with Crippen LogP contribution < -0.4 is 9.64 Å². The second-order valence-corrected chi connectivity index (χ2v) is 8.92. The minimum absolute atomic E-state index is 0. The SMILES string of the molecule is CCc1cccc2sc(N(CCCn3ccnc3)C(=O)c3ccc(OC(C)C)cc3)nc12.Cl. The van der Waals surface area contributed by atoms with E-state index in [0.717, 1.165) is 40.5 Å². The number of halogens is 1. The topological polar surface area (TPSA) is 60.2 Å². The molecule has 0 N–H and O–H groups in total. The summed E-state index contributed by atoms with van der Waals surface area (Å²) in [7, 11) is 0. The molecule has 4 aromatic rings. The number of imidazole rings is 1. The number of nitrogens with zero attached hydrogens (tertiary/aromatic N) is 4. The Kier molecular flexibility index (Phi) is 8.47. The third kappa shape index (κ3) is 5.92. The van der Waals surface area contributed by atoms with Crippen LogP contribution in [0.15, 0.2) is 61.2 Å². The molecule has 33 heavy (non-hydrogen) atoms. The van der Waals surface area contributed by atoms with Gasteiger partial charge in [-0.25, -0.2) is 9.97 Å². The zero-order valence-electron chi connectivity index (χ0n) is 19.1. The van der Waals surface area contributed by atoms with Gasteiger partial charge in [-0.1, -0.05) is 30.4 Å². The van der Waals surface area contributed by atoms with Crippen LogP contribution in [0.3, 0.4) is 0 Å². The van der Waals surface area contributed by atoms with Crippen molar-refractivity contribution in [3.8, 4) is 5.75 Å². The molecule has 0 aliphatic rings. The number of aryl methyl sites for hydroxylation is 2. The quantitative estimate of drug-likeness (QED) is 0.292. The smallest absolute Gasteiger partial charge is 0.260 e. The summed E-state index contributed by atoms with van der Waals surface area (Å²) in [4.78, 5) is 24.3. The molecule has 1 amide bonds. The van der Waals surface area contributed by atoms with E-state index in [9.17, 15) is 4.79 Å². The van der Waals surface area contributed by atoms with Crippen molar-refractivity contribution in [1.82, 2.24) is 14.5 Å². The lowest BCUT2D eigenvalue weighted by Crippen LogP contribution is -2.32. The minimum Gasteiger partial charge on any atom is -0.491 e.